The first-order chi connectivity index (χ1) is 10.8. The molecule has 1 aliphatic rings. The van der Waals surface area contributed by atoms with Crippen LogP contribution in [-0.2, 0) is 11.2 Å². The van der Waals surface area contributed by atoms with Crippen LogP contribution in [0, 0.1) is 5.92 Å². The molecule has 0 saturated carbocycles. The Morgan fingerprint density at radius 2 is 1.91 bits per heavy atom. The van der Waals surface area contributed by atoms with E-state index in [1.54, 1.807) is 19.2 Å². The summed E-state index contributed by atoms with van der Waals surface area (Å²) < 4.78 is 5.03. The van der Waals surface area contributed by atoms with Crippen molar-refractivity contribution < 1.29 is 20.1 Å². The van der Waals surface area contributed by atoms with Crippen molar-refractivity contribution in [2.75, 3.05) is 13.7 Å². The SMILES string of the molecule is C=C(C)[C@@H]1C[C@H](O)C(C)=C[C@H]1c1c(O)cc(CCOC)cc1O. The number of allylic oxidation sites excluding steroid dienone is 2. The van der Waals surface area contributed by atoms with E-state index >= 15 is 0 Å². The molecule has 3 atom stereocenters. The van der Waals surface area contributed by atoms with Crippen LogP contribution in [0.4, 0.5) is 0 Å². The summed E-state index contributed by atoms with van der Waals surface area (Å²) in [6.45, 7) is 8.33. The molecule has 2 rings (SSSR count). The maximum Gasteiger partial charge on any atom is 0.123 e. The van der Waals surface area contributed by atoms with Crippen molar-refractivity contribution in [2.24, 2.45) is 5.92 Å². The number of phenols is 2. The number of phenolic OH excluding ortho intramolecular Hbond substituents is 2. The van der Waals surface area contributed by atoms with Crippen molar-refractivity contribution >= 4 is 0 Å². The molecule has 1 aromatic rings. The average molecular weight is 318 g/mol. The summed E-state index contributed by atoms with van der Waals surface area (Å²) in [5, 5.41) is 31.0. The third-order valence-corrected chi connectivity index (χ3v) is 4.64. The Morgan fingerprint density at radius 3 is 2.43 bits per heavy atom. The summed E-state index contributed by atoms with van der Waals surface area (Å²) in [4.78, 5) is 0. The molecule has 1 aliphatic carbocycles. The molecule has 0 radical (unpaired) electrons. The Kier molecular flexibility index (Phi) is 5.50. The summed E-state index contributed by atoms with van der Waals surface area (Å²) in [6.07, 6.45) is 2.60. The molecule has 0 fully saturated rings. The third kappa shape index (κ3) is 3.77. The number of ether oxygens (including phenoxy) is 1. The minimum Gasteiger partial charge on any atom is -0.507 e. The van der Waals surface area contributed by atoms with E-state index < -0.39 is 6.10 Å². The lowest BCUT2D eigenvalue weighted by Crippen LogP contribution is -2.26. The highest BCUT2D eigenvalue weighted by Gasteiger charge is 2.33. The zero-order valence-electron chi connectivity index (χ0n) is 14.0. The molecule has 23 heavy (non-hydrogen) atoms. The standard InChI is InChI=1S/C19H26O4/c1-11(2)14-10-16(20)12(3)7-15(14)19-17(21)8-13(5-6-23-4)9-18(19)22/h7-9,14-16,20-22H,1,5-6,10H2,2-4H3/t14-,15+,16-/m0/s1. The van der Waals surface area contributed by atoms with Crippen LogP contribution in [0.2, 0.25) is 0 Å². The molecule has 0 bridgehead atoms. The van der Waals surface area contributed by atoms with E-state index in [9.17, 15) is 15.3 Å². The molecule has 3 N–H and O–H groups in total. The molecule has 0 spiro atoms. The Bertz CT molecular complexity index is 595. The van der Waals surface area contributed by atoms with Gasteiger partial charge in [-0.3, -0.25) is 0 Å². The number of methoxy groups -OCH3 is 1. The van der Waals surface area contributed by atoms with Gasteiger partial charge in [0.1, 0.15) is 11.5 Å². The monoisotopic (exact) mass is 318 g/mol. The second-order valence-electron chi connectivity index (χ2n) is 6.43. The fraction of sp³-hybridized carbons (Fsp3) is 0.474. The average Bonchev–Trinajstić information content (AvgIpc) is 2.47. The van der Waals surface area contributed by atoms with Gasteiger partial charge in [-0.2, -0.15) is 0 Å². The fourth-order valence-corrected chi connectivity index (χ4v) is 3.26. The van der Waals surface area contributed by atoms with Crippen molar-refractivity contribution in [1.29, 1.82) is 0 Å². The summed E-state index contributed by atoms with van der Waals surface area (Å²) in [5.74, 6) is -0.0525. The molecule has 0 aliphatic heterocycles. The van der Waals surface area contributed by atoms with Gasteiger partial charge in [-0.15, -0.1) is 0 Å². The molecule has 1 aromatic carbocycles. The molecule has 126 valence electrons. The van der Waals surface area contributed by atoms with Gasteiger partial charge in [0.05, 0.1) is 12.7 Å². The number of aliphatic hydroxyl groups excluding tert-OH is 1. The van der Waals surface area contributed by atoms with Crippen LogP contribution in [-0.4, -0.2) is 35.1 Å². The fourth-order valence-electron chi connectivity index (χ4n) is 3.26. The maximum absolute atomic E-state index is 10.5. The molecule has 0 amide bonds. The lowest BCUT2D eigenvalue weighted by atomic mass is 9.72. The molecule has 4 heteroatoms. The Balaban J connectivity index is 2.44. The van der Waals surface area contributed by atoms with Crippen molar-refractivity contribution in [3.8, 4) is 11.5 Å². The highest BCUT2D eigenvalue weighted by molar-refractivity contribution is 5.52. The zero-order valence-corrected chi connectivity index (χ0v) is 14.0. The van der Waals surface area contributed by atoms with Crippen molar-refractivity contribution in [3.05, 3.63) is 47.1 Å². The number of rotatable bonds is 5. The number of aliphatic hydroxyl groups is 1. The molecular weight excluding hydrogens is 292 g/mol. The first-order valence-electron chi connectivity index (χ1n) is 7.90. The van der Waals surface area contributed by atoms with Gasteiger partial charge in [-0.1, -0.05) is 18.2 Å². The number of aromatic hydroxyl groups is 2. The highest BCUT2D eigenvalue weighted by Crippen LogP contribution is 2.46. The molecule has 0 aromatic heterocycles. The van der Waals surface area contributed by atoms with Gasteiger partial charge in [0, 0.05) is 18.6 Å². The lowest BCUT2D eigenvalue weighted by Gasteiger charge is -2.34. The second kappa shape index (κ2) is 7.20. The van der Waals surface area contributed by atoms with Gasteiger partial charge in [0.2, 0.25) is 0 Å². The van der Waals surface area contributed by atoms with Crippen LogP contribution in [0.15, 0.2) is 35.9 Å². The molecule has 4 nitrogen and oxygen atoms in total. The van der Waals surface area contributed by atoms with Gasteiger partial charge in [-0.25, -0.2) is 0 Å². The molecule has 0 heterocycles. The van der Waals surface area contributed by atoms with E-state index in [0.29, 0.717) is 25.0 Å². The van der Waals surface area contributed by atoms with Crippen LogP contribution >= 0.6 is 0 Å². The smallest absolute Gasteiger partial charge is 0.123 e. The van der Waals surface area contributed by atoms with Gasteiger partial charge in [0.15, 0.2) is 0 Å². The maximum atomic E-state index is 10.5. The van der Waals surface area contributed by atoms with Crippen molar-refractivity contribution in [2.45, 2.75) is 38.7 Å². The van der Waals surface area contributed by atoms with Crippen molar-refractivity contribution in [1.82, 2.24) is 0 Å². The first kappa shape index (κ1) is 17.6. The van der Waals surface area contributed by atoms with Crippen LogP contribution in [0.1, 0.15) is 37.3 Å². The van der Waals surface area contributed by atoms with Gasteiger partial charge < -0.3 is 20.1 Å². The molecular formula is C19H26O4. The van der Waals surface area contributed by atoms with E-state index in [2.05, 4.69) is 6.58 Å². The van der Waals surface area contributed by atoms with Crippen LogP contribution in [0.25, 0.3) is 0 Å². The third-order valence-electron chi connectivity index (χ3n) is 4.64. The zero-order chi connectivity index (χ0) is 17.1. The van der Waals surface area contributed by atoms with Crippen molar-refractivity contribution in [3.63, 3.8) is 0 Å². The number of hydrogen-bond acceptors (Lipinski definition) is 4. The quantitative estimate of drug-likeness (QED) is 0.729. The van der Waals surface area contributed by atoms with Gasteiger partial charge in [-0.05, 0) is 55.9 Å². The Labute approximate surface area is 137 Å². The summed E-state index contributed by atoms with van der Waals surface area (Å²) in [6, 6.07) is 3.36. The molecule has 0 unspecified atom stereocenters. The largest absolute Gasteiger partial charge is 0.507 e. The Morgan fingerprint density at radius 1 is 1.30 bits per heavy atom. The van der Waals surface area contributed by atoms with Crippen LogP contribution < -0.4 is 0 Å². The summed E-state index contributed by atoms with van der Waals surface area (Å²) in [7, 11) is 1.62. The molecule has 0 saturated heterocycles. The summed E-state index contributed by atoms with van der Waals surface area (Å²) >= 11 is 0. The predicted molar refractivity (Wildman–Crippen MR) is 90.8 cm³/mol. The second-order valence-corrected chi connectivity index (χ2v) is 6.43. The van der Waals surface area contributed by atoms with E-state index in [0.717, 1.165) is 16.7 Å². The predicted octanol–water partition coefficient (Wildman–Crippen LogP) is 3.27. The topological polar surface area (TPSA) is 69.9 Å². The minimum atomic E-state index is -0.502. The van der Waals surface area contributed by atoms with E-state index in [-0.39, 0.29) is 23.3 Å². The normalized spacial score (nSPS) is 24.3. The van der Waals surface area contributed by atoms with Gasteiger partial charge >= 0.3 is 0 Å². The van der Waals surface area contributed by atoms with E-state index in [4.69, 9.17) is 4.74 Å². The number of hydrogen-bond donors (Lipinski definition) is 3. The lowest BCUT2D eigenvalue weighted by molar-refractivity contribution is 0.168. The highest BCUT2D eigenvalue weighted by atomic mass is 16.5. The van der Waals surface area contributed by atoms with E-state index in [1.807, 2.05) is 19.9 Å². The number of benzene rings is 1. The van der Waals surface area contributed by atoms with Gasteiger partial charge in [0.25, 0.3) is 0 Å². The first-order valence-corrected chi connectivity index (χ1v) is 7.90. The Hall–Kier alpha value is -1.78. The summed E-state index contributed by atoms with van der Waals surface area (Å²) in [5.41, 5.74) is 3.12. The van der Waals surface area contributed by atoms with Crippen LogP contribution in [0.5, 0.6) is 11.5 Å². The van der Waals surface area contributed by atoms with Crippen LogP contribution in [0.3, 0.4) is 0 Å². The minimum absolute atomic E-state index is 0.0182. The van der Waals surface area contributed by atoms with E-state index in [1.165, 1.54) is 0 Å².